The van der Waals surface area contributed by atoms with Crippen molar-refractivity contribution in [3.63, 3.8) is 0 Å². The van der Waals surface area contributed by atoms with Crippen molar-refractivity contribution in [1.29, 1.82) is 0 Å². The molecule has 0 saturated carbocycles. The monoisotopic (exact) mass is 452 g/mol. The first-order valence-corrected chi connectivity index (χ1v) is 9.87. The number of hydrogen-bond donors (Lipinski definition) is 1. The number of rotatable bonds is 7. The van der Waals surface area contributed by atoms with Gasteiger partial charge in [0.1, 0.15) is 11.5 Å². The summed E-state index contributed by atoms with van der Waals surface area (Å²) >= 11 is 5.97. The van der Waals surface area contributed by atoms with Gasteiger partial charge in [-0.25, -0.2) is 10.2 Å². The number of halogens is 1. The maximum atomic E-state index is 12.3. The highest BCUT2D eigenvalue weighted by Crippen LogP contribution is 2.32. The molecule has 0 fully saturated rings. The SMILES string of the molecule is O=C(COc1ccccc1Cl)N/N=C\c1ccc(OC(=O)c2ccc3c(c2)OCO3)cc1. The summed E-state index contributed by atoms with van der Waals surface area (Å²) in [5.74, 6) is 0.921. The van der Waals surface area contributed by atoms with Crippen molar-refractivity contribution in [2.24, 2.45) is 5.10 Å². The number of hydrogen-bond acceptors (Lipinski definition) is 7. The molecule has 1 amide bonds. The number of amides is 1. The molecule has 3 aromatic rings. The van der Waals surface area contributed by atoms with Crippen LogP contribution in [0.3, 0.4) is 0 Å². The molecule has 0 aliphatic carbocycles. The fraction of sp³-hybridized carbons (Fsp3) is 0.0870. The lowest BCUT2D eigenvalue weighted by atomic mass is 10.2. The van der Waals surface area contributed by atoms with E-state index in [1.165, 1.54) is 6.21 Å². The second-order valence-electron chi connectivity index (χ2n) is 6.54. The van der Waals surface area contributed by atoms with Crippen molar-refractivity contribution in [2.75, 3.05) is 13.4 Å². The minimum Gasteiger partial charge on any atom is -0.482 e. The lowest BCUT2D eigenvalue weighted by Gasteiger charge is -2.06. The highest BCUT2D eigenvalue weighted by Gasteiger charge is 2.17. The van der Waals surface area contributed by atoms with Crippen LogP contribution >= 0.6 is 11.6 Å². The van der Waals surface area contributed by atoms with E-state index in [1.807, 2.05) is 0 Å². The first kappa shape index (κ1) is 21.2. The van der Waals surface area contributed by atoms with Crippen LogP contribution in [0, 0.1) is 0 Å². The maximum Gasteiger partial charge on any atom is 0.343 e. The Labute approximate surface area is 188 Å². The van der Waals surface area contributed by atoms with Crippen molar-refractivity contribution < 1.29 is 28.5 Å². The van der Waals surface area contributed by atoms with Crippen LogP contribution in [-0.2, 0) is 4.79 Å². The number of esters is 1. The minimum absolute atomic E-state index is 0.131. The van der Waals surface area contributed by atoms with Gasteiger partial charge in [-0.2, -0.15) is 5.10 Å². The second-order valence-corrected chi connectivity index (χ2v) is 6.95. The normalized spacial score (nSPS) is 11.9. The van der Waals surface area contributed by atoms with E-state index in [9.17, 15) is 9.59 Å². The molecule has 32 heavy (non-hydrogen) atoms. The highest BCUT2D eigenvalue weighted by molar-refractivity contribution is 6.32. The topological polar surface area (TPSA) is 95.5 Å². The standard InChI is InChI=1S/C23H17ClN2O6/c24-18-3-1-2-4-19(18)29-13-22(27)26-25-12-15-5-8-17(9-6-15)32-23(28)16-7-10-20-21(11-16)31-14-30-20/h1-12H,13-14H2,(H,26,27)/b25-12-. The van der Waals surface area contributed by atoms with Gasteiger partial charge in [-0.15, -0.1) is 0 Å². The van der Waals surface area contributed by atoms with Gasteiger partial charge in [-0.1, -0.05) is 23.7 Å². The number of benzene rings is 3. The zero-order chi connectivity index (χ0) is 22.3. The minimum atomic E-state index is -0.518. The molecule has 8 nitrogen and oxygen atoms in total. The Balaban J connectivity index is 1.26. The maximum absolute atomic E-state index is 12.3. The molecule has 162 valence electrons. The van der Waals surface area contributed by atoms with Gasteiger partial charge >= 0.3 is 5.97 Å². The van der Waals surface area contributed by atoms with Gasteiger partial charge in [0.05, 0.1) is 16.8 Å². The first-order valence-electron chi connectivity index (χ1n) is 9.49. The summed E-state index contributed by atoms with van der Waals surface area (Å²) in [5.41, 5.74) is 3.41. The van der Waals surface area contributed by atoms with Crippen molar-refractivity contribution in [1.82, 2.24) is 5.43 Å². The lowest BCUT2D eigenvalue weighted by Crippen LogP contribution is -2.24. The van der Waals surface area contributed by atoms with Crippen molar-refractivity contribution in [2.45, 2.75) is 0 Å². The molecule has 4 rings (SSSR count). The van der Waals surface area contributed by atoms with Crippen LogP contribution in [0.4, 0.5) is 0 Å². The van der Waals surface area contributed by atoms with E-state index in [2.05, 4.69) is 10.5 Å². The third kappa shape index (κ3) is 5.35. The molecular formula is C23H17ClN2O6. The molecule has 3 aromatic carbocycles. The predicted molar refractivity (Wildman–Crippen MR) is 117 cm³/mol. The number of fused-ring (bicyclic) bond motifs is 1. The van der Waals surface area contributed by atoms with E-state index >= 15 is 0 Å². The molecule has 1 aliphatic rings. The Morgan fingerprint density at radius 2 is 1.81 bits per heavy atom. The fourth-order valence-corrected chi connectivity index (χ4v) is 2.92. The molecule has 0 unspecified atom stereocenters. The van der Waals surface area contributed by atoms with Crippen LogP contribution in [0.1, 0.15) is 15.9 Å². The van der Waals surface area contributed by atoms with E-state index in [0.717, 1.165) is 0 Å². The summed E-state index contributed by atoms with van der Waals surface area (Å²) in [6.07, 6.45) is 1.46. The molecule has 0 radical (unpaired) electrons. The highest BCUT2D eigenvalue weighted by atomic mass is 35.5. The Bertz CT molecular complexity index is 1160. The number of nitrogens with one attached hydrogen (secondary N) is 1. The van der Waals surface area contributed by atoms with Crippen molar-refractivity contribution in [3.05, 3.63) is 82.9 Å². The molecule has 0 aromatic heterocycles. The quantitative estimate of drug-likeness (QED) is 0.253. The summed E-state index contributed by atoms with van der Waals surface area (Å²) in [6, 6.07) is 18.3. The van der Waals surface area contributed by atoms with Gasteiger partial charge in [-0.05, 0) is 60.2 Å². The van der Waals surface area contributed by atoms with Crippen LogP contribution in [0.2, 0.25) is 5.02 Å². The first-order chi connectivity index (χ1) is 15.6. The second kappa shape index (κ2) is 9.84. The number of hydrazone groups is 1. The van der Waals surface area contributed by atoms with Gasteiger partial charge in [0.2, 0.25) is 6.79 Å². The lowest BCUT2D eigenvalue weighted by molar-refractivity contribution is -0.123. The Kier molecular flexibility index (Phi) is 6.52. The van der Waals surface area contributed by atoms with E-state index in [4.69, 9.17) is 30.5 Å². The average Bonchev–Trinajstić information content (AvgIpc) is 3.28. The van der Waals surface area contributed by atoms with Crippen LogP contribution in [0.5, 0.6) is 23.0 Å². The fourth-order valence-electron chi connectivity index (χ4n) is 2.73. The van der Waals surface area contributed by atoms with Crippen LogP contribution in [-0.4, -0.2) is 31.5 Å². The van der Waals surface area contributed by atoms with Crippen LogP contribution in [0.25, 0.3) is 0 Å². The van der Waals surface area contributed by atoms with E-state index in [0.29, 0.717) is 39.1 Å². The average molecular weight is 453 g/mol. The summed E-state index contributed by atoms with van der Waals surface area (Å²) < 4.78 is 21.2. The van der Waals surface area contributed by atoms with Crippen molar-refractivity contribution in [3.8, 4) is 23.0 Å². The predicted octanol–water partition coefficient (Wildman–Crippen LogP) is 3.82. The molecule has 9 heteroatoms. The van der Waals surface area contributed by atoms with Gasteiger partial charge in [-0.3, -0.25) is 4.79 Å². The Morgan fingerprint density at radius 3 is 2.62 bits per heavy atom. The molecule has 0 atom stereocenters. The smallest absolute Gasteiger partial charge is 0.343 e. The number of nitrogens with zero attached hydrogens (tertiary/aromatic N) is 1. The zero-order valence-corrected chi connectivity index (χ0v) is 17.4. The van der Waals surface area contributed by atoms with Gasteiger partial charge in [0.25, 0.3) is 5.91 Å². The molecule has 1 heterocycles. The third-order valence-corrected chi connectivity index (χ3v) is 4.61. The summed E-state index contributed by atoms with van der Waals surface area (Å²) in [4.78, 5) is 24.1. The molecule has 0 saturated heterocycles. The Morgan fingerprint density at radius 1 is 1.03 bits per heavy atom. The summed E-state index contributed by atoms with van der Waals surface area (Å²) in [6.45, 7) is -0.0957. The number of carbonyl (C=O) groups is 2. The number of para-hydroxylation sites is 1. The molecule has 1 N–H and O–H groups in total. The van der Waals surface area contributed by atoms with E-state index in [-0.39, 0.29) is 13.4 Å². The molecular weight excluding hydrogens is 436 g/mol. The molecule has 0 bridgehead atoms. The Hall–Kier alpha value is -4.04. The third-order valence-electron chi connectivity index (χ3n) is 4.30. The van der Waals surface area contributed by atoms with Crippen LogP contribution < -0.4 is 24.4 Å². The number of carbonyl (C=O) groups excluding carboxylic acids is 2. The largest absolute Gasteiger partial charge is 0.482 e. The zero-order valence-electron chi connectivity index (χ0n) is 16.6. The molecule has 1 aliphatic heterocycles. The molecule has 0 spiro atoms. The summed E-state index contributed by atoms with van der Waals surface area (Å²) in [7, 11) is 0. The van der Waals surface area contributed by atoms with E-state index < -0.39 is 11.9 Å². The summed E-state index contributed by atoms with van der Waals surface area (Å²) in [5, 5.41) is 4.30. The van der Waals surface area contributed by atoms with Gasteiger partial charge < -0.3 is 18.9 Å². The van der Waals surface area contributed by atoms with Gasteiger partial charge in [0.15, 0.2) is 18.1 Å². The van der Waals surface area contributed by atoms with Crippen molar-refractivity contribution >= 4 is 29.7 Å². The number of ether oxygens (including phenoxy) is 4. The van der Waals surface area contributed by atoms with Gasteiger partial charge in [0, 0.05) is 0 Å². The van der Waals surface area contributed by atoms with Crippen LogP contribution in [0.15, 0.2) is 71.8 Å². The van der Waals surface area contributed by atoms with E-state index in [1.54, 1.807) is 66.7 Å².